The van der Waals surface area contributed by atoms with Gasteiger partial charge < -0.3 is 15.5 Å². The van der Waals surface area contributed by atoms with E-state index in [1.807, 2.05) is 6.07 Å². The third-order valence-corrected chi connectivity index (χ3v) is 5.46. The number of aromatic nitrogens is 1. The van der Waals surface area contributed by atoms with Gasteiger partial charge in [-0.15, -0.1) is 11.3 Å². The van der Waals surface area contributed by atoms with Crippen molar-refractivity contribution in [1.82, 2.24) is 15.6 Å². The Morgan fingerprint density at radius 2 is 2.12 bits per heavy atom. The molecule has 5 nitrogen and oxygen atoms in total. The van der Waals surface area contributed by atoms with E-state index in [2.05, 4.69) is 25.9 Å². The van der Waals surface area contributed by atoms with Gasteiger partial charge in [-0.05, 0) is 37.0 Å². The number of aliphatic imine (C=N–C) groups is 1. The molecule has 3 rings (SSSR count). The van der Waals surface area contributed by atoms with Crippen molar-refractivity contribution in [3.8, 4) is 0 Å². The van der Waals surface area contributed by atoms with Crippen LogP contribution >= 0.6 is 11.3 Å². The molecule has 0 unspecified atom stereocenters. The normalized spacial score (nSPS) is 14.7. The number of nitrogens with zero attached hydrogens (tertiary/aromatic N) is 3. The van der Waals surface area contributed by atoms with Crippen molar-refractivity contribution in [2.45, 2.75) is 32.7 Å². The maximum Gasteiger partial charge on any atom is 0.191 e. The molecule has 2 N–H and O–H groups in total. The van der Waals surface area contributed by atoms with Gasteiger partial charge in [0.1, 0.15) is 5.82 Å². The van der Waals surface area contributed by atoms with Crippen LogP contribution in [0.2, 0.25) is 0 Å². The largest absolute Gasteiger partial charge is 0.356 e. The van der Waals surface area contributed by atoms with Crippen LogP contribution < -0.4 is 15.5 Å². The standard InChI is InChI=1S/C19H26FN5S/c1-14-5-6-15(11-17(14)20)12-23-18(21-2)22-8-7-16-13-26-19(24-16)25-9-3-4-10-25/h5-6,11,13H,3-4,7-10,12H2,1-2H3,(H2,21,22,23). The van der Waals surface area contributed by atoms with Gasteiger partial charge in [-0.25, -0.2) is 9.37 Å². The first kappa shape index (κ1) is 18.6. The van der Waals surface area contributed by atoms with E-state index in [0.717, 1.165) is 42.4 Å². The molecule has 0 radical (unpaired) electrons. The number of halogens is 1. The molecule has 0 amide bonds. The SMILES string of the molecule is CN=C(NCCc1csc(N2CCCC2)n1)NCc1ccc(C)c(F)c1. The monoisotopic (exact) mass is 375 g/mol. The van der Waals surface area contributed by atoms with Gasteiger partial charge in [0.05, 0.1) is 5.69 Å². The van der Waals surface area contributed by atoms with Crippen LogP contribution in [0, 0.1) is 12.7 Å². The number of rotatable bonds is 6. The summed E-state index contributed by atoms with van der Waals surface area (Å²) in [7, 11) is 1.74. The van der Waals surface area contributed by atoms with Crippen molar-refractivity contribution >= 4 is 22.4 Å². The highest BCUT2D eigenvalue weighted by molar-refractivity contribution is 7.13. The molecule has 7 heteroatoms. The molecule has 0 bridgehead atoms. The minimum absolute atomic E-state index is 0.176. The highest BCUT2D eigenvalue weighted by Crippen LogP contribution is 2.24. The molecule has 0 aliphatic carbocycles. The highest BCUT2D eigenvalue weighted by Gasteiger charge is 2.15. The lowest BCUT2D eigenvalue weighted by Gasteiger charge is -2.13. The Bertz CT molecular complexity index is 752. The molecule has 1 saturated heterocycles. The van der Waals surface area contributed by atoms with E-state index in [1.165, 1.54) is 12.8 Å². The average Bonchev–Trinajstić information content (AvgIpc) is 3.32. The van der Waals surface area contributed by atoms with Gasteiger partial charge in [-0.2, -0.15) is 0 Å². The summed E-state index contributed by atoms with van der Waals surface area (Å²) in [5.41, 5.74) is 2.67. The summed E-state index contributed by atoms with van der Waals surface area (Å²) in [6.07, 6.45) is 3.39. The number of anilines is 1. The van der Waals surface area contributed by atoms with Crippen molar-refractivity contribution < 1.29 is 4.39 Å². The first-order valence-electron chi connectivity index (χ1n) is 9.04. The van der Waals surface area contributed by atoms with Crippen LogP contribution in [-0.2, 0) is 13.0 Å². The maximum atomic E-state index is 13.6. The Kier molecular flexibility index (Phi) is 6.44. The molecule has 2 aromatic rings. The molecule has 1 aliphatic rings. The van der Waals surface area contributed by atoms with Gasteiger partial charge >= 0.3 is 0 Å². The predicted octanol–water partition coefficient (Wildman–Crippen LogP) is 3.10. The molecule has 1 aromatic carbocycles. The van der Waals surface area contributed by atoms with Gasteiger partial charge in [-0.1, -0.05) is 12.1 Å². The number of hydrogen-bond donors (Lipinski definition) is 2. The van der Waals surface area contributed by atoms with Crippen LogP contribution in [0.5, 0.6) is 0 Å². The number of hydrogen-bond acceptors (Lipinski definition) is 4. The van der Waals surface area contributed by atoms with Crippen LogP contribution in [0.1, 0.15) is 29.7 Å². The molecular formula is C19H26FN5S. The van der Waals surface area contributed by atoms with Gasteiger partial charge in [0, 0.05) is 45.0 Å². The van der Waals surface area contributed by atoms with E-state index in [9.17, 15) is 4.39 Å². The second-order valence-corrected chi connectivity index (χ2v) is 7.34. The zero-order valence-electron chi connectivity index (χ0n) is 15.4. The highest BCUT2D eigenvalue weighted by atomic mass is 32.1. The van der Waals surface area contributed by atoms with Gasteiger partial charge in [0.25, 0.3) is 0 Å². The Morgan fingerprint density at radius 1 is 1.31 bits per heavy atom. The first-order valence-corrected chi connectivity index (χ1v) is 9.92. The molecule has 0 atom stereocenters. The lowest BCUT2D eigenvalue weighted by Crippen LogP contribution is -2.37. The summed E-state index contributed by atoms with van der Waals surface area (Å²) in [5.74, 6) is 0.533. The second-order valence-electron chi connectivity index (χ2n) is 6.50. The third kappa shape index (κ3) is 4.94. The number of aryl methyl sites for hydroxylation is 1. The van der Waals surface area contributed by atoms with Crippen molar-refractivity contribution in [3.05, 3.63) is 46.2 Å². The Balaban J connectivity index is 1.43. The maximum absolute atomic E-state index is 13.6. The molecule has 26 heavy (non-hydrogen) atoms. The van der Waals surface area contributed by atoms with Crippen molar-refractivity contribution in [2.24, 2.45) is 4.99 Å². The zero-order valence-corrected chi connectivity index (χ0v) is 16.2. The molecule has 2 heterocycles. The smallest absolute Gasteiger partial charge is 0.191 e. The number of nitrogens with one attached hydrogen (secondary N) is 2. The summed E-state index contributed by atoms with van der Waals surface area (Å²) in [4.78, 5) is 11.3. The first-order chi connectivity index (χ1) is 12.7. The molecule has 1 aliphatic heterocycles. The number of benzene rings is 1. The van der Waals surface area contributed by atoms with Crippen molar-refractivity contribution in [3.63, 3.8) is 0 Å². The fourth-order valence-corrected chi connectivity index (χ4v) is 3.84. The molecule has 140 valence electrons. The van der Waals surface area contributed by atoms with E-state index < -0.39 is 0 Å². The molecule has 1 aromatic heterocycles. The summed E-state index contributed by atoms with van der Waals surface area (Å²) in [6, 6.07) is 5.28. The van der Waals surface area contributed by atoms with Crippen LogP contribution in [0.25, 0.3) is 0 Å². The van der Waals surface area contributed by atoms with Crippen molar-refractivity contribution in [2.75, 3.05) is 31.6 Å². The molecule has 1 fully saturated rings. The fraction of sp³-hybridized carbons (Fsp3) is 0.474. The Hall–Kier alpha value is -2.15. The number of thiazole rings is 1. The zero-order chi connectivity index (χ0) is 18.4. The molecule has 0 saturated carbocycles. The van der Waals surface area contributed by atoms with E-state index >= 15 is 0 Å². The Morgan fingerprint density at radius 3 is 2.85 bits per heavy atom. The van der Waals surface area contributed by atoms with Crippen LogP contribution in [0.3, 0.4) is 0 Å². The van der Waals surface area contributed by atoms with Gasteiger partial charge in [-0.3, -0.25) is 4.99 Å². The van der Waals surface area contributed by atoms with Crippen LogP contribution in [0.15, 0.2) is 28.6 Å². The predicted molar refractivity (Wildman–Crippen MR) is 107 cm³/mol. The third-order valence-electron chi connectivity index (χ3n) is 4.51. The summed E-state index contributed by atoms with van der Waals surface area (Å²) >= 11 is 1.73. The minimum Gasteiger partial charge on any atom is -0.356 e. The summed E-state index contributed by atoms with van der Waals surface area (Å²) in [6.45, 7) is 5.31. The lowest BCUT2D eigenvalue weighted by molar-refractivity contribution is 0.615. The summed E-state index contributed by atoms with van der Waals surface area (Å²) in [5, 5.41) is 9.78. The number of guanidine groups is 1. The quantitative estimate of drug-likeness (QED) is 0.602. The van der Waals surface area contributed by atoms with Crippen molar-refractivity contribution in [1.29, 1.82) is 0 Å². The van der Waals surface area contributed by atoms with Crippen LogP contribution in [0.4, 0.5) is 9.52 Å². The van der Waals surface area contributed by atoms with E-state index in [-0.39, 0.29) is 5.82 Å². The van der Waals surface area contributed by atoms with E-state index in [4.69, 9.17) is 4.98 Å². The summed E-state index contributed by atoms with van der Waals surface area (Å²) < 4.78 is 13.6. The molecule has 0 spiro atoms. The fourth-order valence-electron chi connectivity index (χ4n) is 2.93. The average molecular weight is 376 g/mol. The lowest BCUT2D eigenvalue weighted by atomic mass is 10.1. The Labute approximate surface area is 158 Å². The topological polar surface area (TPSA) is 52.6 Å². The van der Waals surface area contributed by atoms with Crippen LogP contribution in [-0.4, -0.2) is 37.6 Å². The van der Waals surface area contributed by atoms with Gasteiger partial charge in [0.2, 0.25) is 0 Å². The van der Waals surface area contributed by atoms with E-state index in [1.54, 1.807) is 37.4 Å². The van der Waals surface area contributed by atoms with Gasteiger partial charge in [0.15, 0.2) is 11.1 Å². The van der Waals surface area contributed by atoms with E-state index in [0.29, 0.717) is 18.1 Å². The minimum atomic E-state index is -0.176. The molecular weight excluding hydrogens is 349 g/mol. The second kappa shape index (κ2) is 8.98.